The molecule has 7 heteroatoms. The molecule has 0 spiro atoms. The molecular formula is C21H23NO5S. The summed E-state index contributed by atoms with van der Waals surface area (Å²) in [5, 5.41) is 0. The fourth-order valence-electron chi connectivity index (χ4n) is 3.12. The highest BCUT2D eigenvalue weighted by Gasteiger charge is 2.26. The minimum atomic E-state index is -3.62. The highest BCUT2D eigenvalue weighted by Crippen LogP contribution is 2.22. The third-order valence-electron chi connectivity index (χ3n) is 4.73. The predicted octanol–water partition coefficient (Wildman–Crippen LogP) is 3.67. The number of carbonyl (C=O) groups is 2. The van der Waals surface area contributed by atoms with Gasteiger partial charge in [0.15, 0.2) is 5.78 Å². The van der Waals surface area contributed by atoms with Crippen LogP contribution in [-0.4, -0.2) is 37.6 Å². The average molecular weight is 401 g/mol. The molecule has 0 atom stereocenters. The van der Waals surface area contributed by atoms with E-state index in [9.17, 15) is 18.0 Å². The minimum absolute atomic E-state index is 0.00787. The summed E-state index contributed by atoms with van der Waals surface area (Å²) in [6.45, 7) is 2.78. The molecular weight excluding hydrogens is 378 g/mol. The Kier molecular flexibility index (Phi) is 6.26. The first-order chi connectivity index (χ1) is 13.4. The second-order valence-corrected chi connectivity index (χ2v) is 8.62. The van der Waals surface area contributed by atoms with Gasteiger partial charge in [0, 0.05) is 25.1 Å². The first-order valence-corrected chi connectivity index (χ1v) is 10.8. The van der Waals surface area contributed by atoms with Crippen LogP contribution >= 0.6 is 0 Å². The van der Waals surface area contributed by atoms with E-state index < -0.39 is 16.0 Å². The highest BCUT2D eigenvalue weighted by molar-refractivity contribution is 7.89. The van der Waals surface area contributed by atoms with Crippen LogP contribution in [-0.2, 0) is 10.0 Å². The van der Waals surface area contributed by atoms with Crippen molar-refractivity contribution in [3.63, 3.8) is 0 Å². The van der Waals surface area contributed by atoms with Crippen molar-refractivity contribution in [1.82, 2.24) is 4.31 Å². The molecule has 0 saturated carbocycles. The summed E-state index contributed by atoms with van der Waals surface area (Å²) < 4.78 is 32.4. The predicted molar refractivity (Wildman–Crippen MR) is 105 cm³/mol. The van der Waals surface area contributed by atoms with Gasteiger partial charge in [0.2, 0.25) is 10.0 Å². The summed E-state index contributed by atoms with van der Waals surface area (Å²) in [5.74, 6) is -0.347. The second kappa shape index (κ2) is 8.67. The molecule has 0 amide bonds. The Labute approximate surface area is 165 Å². The molecule has 1 aliphatic rings. The summed E-state index contributed by atoms with van der Waals surface area (Å²) in [4.78, 5) is 24.2. The number of hydrogen-bond acceptors (Lipinski definition) is 5. The minimum Gasteiger partial charge on any atom is -0.423 e. The van der Waals surface area contributed by atoms with E-state index in [0.29, 0.717) is 30.8 Å². The summed E-state index contributed by atoms with van der Waals surface area (Å²) in [6, 6.07) is 12.2. The zero-order chi connectivity index (χ0) is 20.1. The smallest absolute Gasteiger partial charge is 0.343 e. The fourth-order valence-corrected chi connectivity index (χ4v) is 4.68. The number of carbonyl (C=O) groups excluding carboxylic acids is 2. The molecule has 6 nitrogen and oxygen atoms in total. The van der Waals surface area contributed by atoms with Crippen LogP contribution in [0.5, 0.6) is 5.75 Å². The van der Waals surface area contributed by atoms with Gasteiger partial charge >= 0.3 is 5.97 Å². The molecule has 1 fully saturated rings. The van der Waals surface area contributed by atoms with Gasteiger partial charge in [0.25, 0.3) is 0 Å². The summed E-state index contributed by atoms with van der Waals surface area (Å²) in [5.41, 5.74) is 0.712. The quantitative estimate of drug-likeness (QED) is 0.419. The fraction of sp³-hybridized carbons (Fsp3) is 0.333. The number of sulfonamides is 1. The van der Waals surface area contributed by atoms with Crippen LogP contribution in [0.1, 0.15) is 53.3 Å². The largest absolute Gasteiger partial charge is 0.423 e. The number of rotatable bonds is 6. The van der Waals surface area contributed by atoms with Gasteiger partial charge in [-0.15, -0.1) is 0 Å². The van der Waals surface area contributed by atoms with Crippen molar-refractivity contribution in [1.29, 1.82) is 0 Å². The number of Topliss-reactive ketones (excluding diaryl/α,β-unsaturated/α-hetero) is 1. The molecule has 28 heavy (non-hydrogen) atoms. The van der Waals surface area contributed by atoms with Crippen molar-refractivity contribution >= 4 is 21.8 Å². The summed E-state index contributed by atoms with van der Waals surface area (Å²) in [7, 11) is -3.62. The molecule has 0 unspecified atom stereocenters. The standard InChI is InChI=1S/C21H23NO5S/c1-2-20(23)16-9-11-18(12-10-16)27-21(24)17-7-6-8-19(15-17)28(25,26)22-13-4-3-5-14-22/h6-12,15H,2-5,13-14H2,1H3. The molecule has 3 rings (SSSR count). The van der Waals surface area contributed by atoms with E-state index >= 15 is 0 Å². The monoisotopic (exact) mass is 401 g/mol. The van der Waals surface area contributed by atoms with Crippen molar-refractivity contribution in [3.8, 4) is 5.75 Å². The van der Waals surface area contributed by atoms with E-state index in [1.807, 2.05) is 0 Å². The maximum Gasteiger partial charge on any atom is 0.343 e. The van der Waals surface area contributed by atoms with E-state index in [0.717, 1.165) is 19.3 Å². The molecule has 1 saturated heterocycles. The first-order valence-electron chi connectivity index (χ1n) is 9.37. The molecule has 0 aromatic heterocycles. The Morgan fingerprint density at radius 2 is 1.64 bits per heavy atom. The number of hydrogen-bond donors (Lipinski definition) is 0. The van der Waals surface area contributed by atoms with Crippen molar-refractivity contribution in [2.24, 2.45) is 0 Å². The maximum atomic E-state index is 12.8. The van der Waals surface area contributed by atoms with Crippen LogP contribution in [0.15, 0.2) is 53.4 Å². The Balaban J connectivity index is 1.76. The van der Waals surface area contributed by atoms with Crippen molar-refractivity contribution in [2.75, 3.05) is 13.1 Å². The lowest BCUT2D eigenvalue weighted by Gasteiger charge is -2.25. The van der Waals surface area contributed by atoms with Crippen LogP contribution in [0.4, 0.5) is 0 Å². The number of ether oxygens (including phenoxy) is 1. The number of piperidine rings is 1. The SMILES string of the molecule is CCC(=O)c1ccc(OC(=O)c2cccc(S(=O)(=O)N3CCCCC3)c2)cc1. The summed E-state index contributed by atoms with van der Waals surface area (Å²) >= 11 is 0. The van der Waals surface area contributed by atoms with Gasteiger partial charge in [-0.05, 0) is 55.3 Å². The molecule has 2 aromatic carbocycles. The van der Waals surface area contributed by atoms with E-state index in [1.165, 1.54) is 28.6 Å². The number of esters is 1. The lowest BCUT2D eigenvalue weighted by molar-refractivity contribution is 0.0734. The lowest BCUT2D eigenvalue weighted by Crippen LogP contribution is -2.35. The third-order valence-corrected chi connectivity index (χ3v) is 6.63. The van der Waals surface area contributed by atoms with Gasteiger partial charge in [0.1, 0.15) is 5.75 Å². The Morgan fingerprint density at radius 1 is 0.964 bits per heavy atom. The van der Waals surface area contributed by atoms with Gasteiger partial charge in [-0.1, -0.05) is 19.4 Å². The Bertz CT molecular complexity index is 961. The number of nitrogens with zero attached hydrogens (tertiary/aromatic N) is 1. The lowest BCUT2D eigenvalue weighted by atomic mass is 10.1. The molecule has 148 valence electrons. The average Bonchev–Trinajstić information content (AvgIpc) is 2.74. The molecule has 0 N–H and O–H groups in total. The zero-order valence-corrected chi connectivity index (χ0v) is 16.6. The van der Waals surface area contributed by atoms with E-state index in [2.05, 4.69) is 0 Å². The molecule has 2 aromatic rings. The van der Waals surface area contributed by atoms with E-state index in [-0.39, 0.29) is 16.2 Å². The molecule has 1 aliphatic heterocycles. The van der Waals surface area contributed by atoms with Crippen molar-refractivity contribution < 1.29 is 22.7 Å². The molecule has 0 radical (unpaired) electrons. The van der Waals surface area contributed by atoms with Gasteiger partial charge < -0.3 is 4.74 Å². The molecule has 1 heterocycles. The van der Waals surface area contributed by atoms with Crippen LogP contribution < -0.4 is 4.74 Å². The van der Waals surface area contributed by atoms with Gasteiger partial charge in [-0.2, -0.15) is 4.31 Å². The zero-order valence-electron chi connectivity index (χ0n) is 15.8. The van der Waals surface area contributed by atoms with Gasteiger partial charge in [0.05, 0.1) is 10.5 Å². The highest BCUT2D eigenvalue weighted by atomic mass is 32.2. The normalized spacial score (nSPS) is 15.2. The number of benzene rings is 2. The van der Waals surface area contributed by atoms with Crippen LogP contribution in [0.2, 0.25) is 0 Å². The van der Waals surface area contributed by atoms with E-state index in [1.54, 1.807) is 31.2 Å². The van der Waals surface area contributed by atoms with Crippen molar-refractivity contribution in [3.05, 3.63) is 59.7 Å². The third kappa shape index (κ3) is 4.48. The molecule has 0 bridgehead atoms. The van der Waals surface area contributed by atoms with Crippen LogP contribution in [0.3, 0.4) is 0 Å². The van der Waals surface area contributed by atoms with Crippen LogP contribution in [0, 0.1) is 0 Å². The van der Waals surface area contributed by atoms with Crippen molar-refractivity contribution in [2.45, 2.75) is 37.5 Å². The van der Waals surface area contributed by atoms with E-state index in [4.69, 9.17) is 4.74 Å². The van der Waals surface area contributed by atoms with Gasteiger partial charge in [-0.3, -0.25) is 4.79 Å². The maximum absolute atomic E-state index is 12.8. The molecule has 0 aliphatic carbocycles. The number of ketones is 1. The first kappa shape index (κ1) is 20.2. The topological polar surface area (TPSA) is 80.8 Å². The van der Waals surface area contributed by atoms with Crippen LogP contribution in [0.25, 0.3) is 0 Å². The Morgan fingerprint density at radius 3 is 2.29 bits per heavy atom. The second-order valence-electron chi connectivity index (χ2n) is 6.68. The summed E-state index contributed by atoms with van der Waals surface area (Å²) in [6.07, 6.45) is 3.12. The Hall–Kier alpha value is -2.51. The van der Waals surface area contributed by atoms with Gasteiger partial charge in [-0.25, -0.2) is 13.2 Å².